The van der Waals surface area contributed by atoms with Crippen molar-refractivity contribution in [3.8, 4) is 33.8 Å². The average Bonchev–Trinajstić information content (AvgIpc) is 3.59. The number of carbonyl (C=O) groups is 1. The summed E-state index contributed by atoms with van der Waals surface area (Å²) in [6.07, 6.45) is 3.31. The zero-order chi connectivity index (χ0) is 28.1. The number of nitro benzene ring substituents is 1. The average molecular weight is 537 g/mol. The maximum atomic E-state index is 12.2. The van der Waals surface area contributed by atoms with Gasteiger partial charge in [-0.15, -0.1) is 0 Å². The Morgan fingerprint density at radius 3 is 2.58 bits per heavy atom. The van der Waals surface area contributed by atoms with Crippen molar-refractivity contribution >= 4 is 34.1 Å². The maximum Gasteiger partial charge on any atom is 0.281 e. The number of nitro groups is 1. The van der Waals surface area contributed by atoms with Crippen molar-refractivity contribution in [2.75, 3.05) is 11.1 Å². The Balaban J connectivity index is 1.51. The van der Waals surface area contributed by atoms with Gasteiger partial charge in [-0.2, -0.15) is 4.98 Å². The molecule has 1 aliphatic rings. The van der Waals surface area contributed by atoms with Gasteiger partial charge in [0, 0.05) is 35.9 Å². The van der Waals surface area contributed by atoms with E-state index in [1.165, 1.54) is 12.4 Å². The van der Waals surface area contributed by atoms with E-state index in [0.29, 0.717) is 39.3 Å². The number of carbonyl (C=O) groups excluding carboxylic acids is 1. The van der Waals surface area contributed by atoms with Crippen molar-refractivity contribution in [3.05, 3.63) is 76.9 Å². The molecule has 3 N–H and O–H groups in total. The predicted octanol–water partition coefficient (Wildman–Crippen LogP) is 5.23. The van der Waals surface area contributed by atoms with Gasteiger partial charge >= 0.3 is 0 Å². The van der Waals surface area contributed by atoms with Crippen LogP contribution in [0.25, 0.3) is 44.8 Å². The summed E-state index contributed by atoms with van der Waals surface area (Å²) in [5.74, 6) is 0.859. The van der Waals surface area contributed by atoms with Crippen LogP contribution in [0.15, 0.2) is 65.5 Å². The summed E-state index contributed by atoms with van der Waals surface area (Å²) in [6.45, 7) is 5.29. The number of amides is 1. The minimum Gasteiger partial charge on any atom is -0.383 e. The molecule has 1 amide bonds. The van der Waals surface area contributed by atoms with Crippen LogP contribution in [-0.2, 0) is 11.8 Å². The number of nitrogens with one attached hydrogen (secondary N) is 1. The third kappa shape index (κ3) is 4.25. The molecule has 12 nitrogen and oxygen atoms in total. The second-order valence-corrected chi connectivity index (χ2v) is 9.77. The zero-order valence-electron chi connectivity index (χ0n) is 21.7. The molecule has 0 aliphatic heterocycles. The number of anilines is 2. The second kappa shape index (κ2) is 9.42. The number of nitrogens with zero attached hydrogens (tertiary/aromatic N) is 6. The summed E-state index contributed by atoms with van der Waals surface area (Å²) in [5, 5.41) is 19.6. The third-order valence-electron chi connectivity index (χ3n) is 6.89. The molecule has 0 unspecified atom stereocenters. The molecule has 0 saturated heterocycles. The van der Waals surface area contributed by atoms with E-state index >= 15 is 0 Å². The SMILES string of the molecule is C=C(C)C(=O)Nc1ccc(-c2c(-c3ccc(-c4noc(C5CC5)n4)c([N+](=O)[O-])c3)c3c(N)ncnc3n2C)cc1. The van der Waals surface area contributed by atoms with Crippen molar-refractivity contribution < 1.29 is 14.2 Å². The van der Waals surface area contributed by atoms with E-state index in [9.17, 15) is 14.9 Å². The number of rotatable bonds is 7. The first-order chi connectivity index (χ1) is 19.2. The van der Waals surface area contributed by atoms with Crippen molar-refractivity contribution in [1.29, 1.82) is 0 Å². The highest BCUT2D eigenvalue weighted by Gasteiger charge is 2.31. The highest BCUT2D eigenvalue weighted by atomic mass is 16.6. The van der Waals surface area contributed by atoms with Gasteiger partial charge in [0.1, 0.15) is 23.4 Å². The van der Waals surface area contributed by atoms with Gasteiger partial charge in [-0.1, -0.05) is 29.9 Å². The second-order valence-electron chi connectivity index (χ2n) is 9.77. The van der Waals surface area contributed by atoms with Gasteiger partial charge < -0.3 is 20.1 Å². The zero-order valence-corrected chi connectivity index (χ0v) is 21.7. The van der Waals surface area contributed by atoms with Crippen molar-refractivity contribution in [1.82, 2.24) is 24.7 Å². The Hall–Kier alpha value is -5.39. The quantitative estimate of drug-likeness (QED) is 0.161. The molecule has 0 bridgehead atoms. The van der Waals surface area contributed by atoms with E-state index in [0.717, 1.165) is 24.1 Å². The monoisotopic (exact) mass is 536 g/mol. The number of aromatic nitrogens is 5. The summed E-state index contributed by atoms with van der Waals surface area (Å²) < 4.78 is 7.21. The van der Waals surface area contributed by atoms with Gasteiger partial charge in [-0.25, -0.2) is 9.97 Å². The molecule has 1 fully saturated rings. The van der Waals surface area contributed by atoms with E-state index in [1.807, 2.05) is 23.7 Å². The van der Waals surface area contributed by atoms with Crippen molar-refractivity contribution in [2.45, 2.75) is 25.7 Å². The van der Waals surface area contributed by atoms with Gasteiger partial charge in [-0.05, 0) is 49.1 Å². The third-order valence-corrected chi connectivity index (χ3v) is 6.89. The highest BCUT2D eigenvalue weighted by Crippen LogP contribution is 2.44. The molecular weight excluding hydrogens is 512 g/mol. The lowest BCUT2D eigenvalue weighted by Gasteiger charge is -2.11. The number of hydrogen-bond donors (Lipinski definition) is 2. The van der Waals surface area contributed by atoms with E-state index in [1.54, 1.807) is 31.2 Å². The van der Waals surface area contributed by atoms with E-state index in [-0.39, 0.29) is 34.7 Å². The Labute approximate surface area is 227 Å². The fourth-order valence-corrected chi connectivity index (χ4v) is 4.71. The molecule has 0 atom stereocenters. The van der Waals surface area contributed by atoms with Crippen LogP contribution in [0.1, 0.15) is 31.6 Å². The van der Waals surface area contributed by atoms with Gasteiger partial charge in [0.2, 0.25) is 11.7 Å². The molecule has 12 heteroatoms. The van der Waals surface area contributed by atoms with Crippen LogP contribution in [0.3, 0.4) is 0 Å². The fraction of sp³-hybridized carbons (Fsp3) is 0.179. The molecule has 2 aromatic carbocycles. The first-order valence-corrected chi connectivity index (χ1v) is 12.5. The van der Waals surface area contributed by atoms with Crippen LogP contribution < -0.4 is 11.1 Å². The van der Waals surface area contributed by atoms with Gasteiger partial charge in [-0.3, -0.25) is 14.9 Å². The number of fused-ring (bicyclic) bond motifs is 1. The number of benzene rings is 2. The predicted molar refractivity (Wildman–Crippen MR) is 149 cm³/mol. The minimum absolute atomic E-state index is 0.170. The Morgan fingerprint density at radius 1 is 1.18 bits per heavy atom. The van der Waals surface area contributed by atoms with Crippen molar-refractivity contribution in [3.63, 3.8) is 0 Å². The molecular formula is C28H24N8O4. The molecule has 6 rings (SSSR count). The standard InChI is InChI=1S/C28H24N8O4/c1-14(2)27(37)32-18-9-6-15(7-10-18)23-21(22-24(29)30-13-31-26(22)35(23)3)17-8-11-19(20(12-17)36(38)39)25-33-28(40-34-25)16-4-5-16/h6-13,16H,1,4-5H2,2-3H3,(H,32,37)(H2,29,30,31). The Kier molecular flexibility index (Phi) is 5.87. The normalized spacial score (nSPS) is 12.9. The molecule has 0 spiro atoms. The number of nitrogens with two attached hydrogens (primary N) is 1. The molecule has 1 aliphatic carbocycles. The van der Waals surface area contributed by atoms with Crippen LogP contribution in [0.4, 0.5) is 17.2 Å². The molecule has 0 radical (unpaired) electrons. The van der Waals surface area contributed by atoms with Crippen LogP contribution in [0.5, 0.6) is 0 Å². The maximum absolute atomic E-state index is 12.2. The summed E-state index contributed by atoms with van der Waals surface area (Å²) in [4.78, 5) is 36.8. The first kappa shape index (κ1) is 24.9. The molecule has 3 aromatic heterocycles. The summed E-state index contributed by atoms with van der Waals surface area (Å²) in [5.41, 5.74) is 10.7. The molecule has 200 valence electrons. The lowest BCUT2D eigenvalue weighted by atomic mass is 9.96. The van der Waals surface area contributed by atoms with Crippen LogP contribution in [-0.4, -0.2) is 35.5 Å². The Morgan fingerprint density at radius 2 is 1.90 bits per heavy atom. The van der Waals surface area contributed by atoms with E-state index in [2.05, 4.69) is 32.0 Å². The minimum atomic E-state index is -0.463. The van der Waals surface area contributed by atoms with Gasteiger partial charge in [0.15, 0.2) is 0 Å². The number of hydrogen-bond acceptors (Lipinski definition) is 9. The summed E-state index contributed by atoms with van der Waals surface area (Å²) >= 11 is 0. The van der Waals surface area contributed by atoms with Crippen LogP contribution in [0, 0.1) is 10.1 Å². The lowest BCUT2D eigenvalue weighted by Crippen LogP contribution is -2.11. The van der Waals surface area contributed by atoms with Crippen LogP contribution >= 0.6 is 0 Å². The molecule has 1 saturated carbocycles. The van der Waals surface area contributed by atoms with E-state index < -0.39 is 4.92 Å². The largest absolute Gasteiger partial charge is 0.383 e. The van der Waals surface area contributed by atoms with Crippen molar-refractivity contribution in [2.24, 2.45) is 7.05 Å². The fourth-order valence-electron chi connectivity index (χ4n) is 4.71. The number of aryl methyl sites for hydroxylation is 1. The smallest absolute Gasteiger partial charge is 0.281 e. The topological polar surface area (TPSA) is 168 Å². The van der Waals surface area contributed by atoms with Crippen LogP contribution in [0.2, 0.25) is 0 Å². The molecule has 3 heterocycles. The number of nitrogen functional groups attached to an aromatic ring is 1. The first-order valence-electron chi connectivity index (χ1n) is 12.5. The molecule has 5 aromatic rings. The lowest BCUT2D eigenvalue weighted by molar-refractivity contribution is -0.384. The van der Waals surface area contributed by atoms with E-state index in [4.69, 9.17) is 10.3 Å². The van der Waals surface area contributed by atoms with Gasteiger partial charge in [0.05, 0.1) is 16.0 Å². The summed E-state index contributed by atoms with van der Waals surface area (Å²) in [6, 6.07) is 12.1. The highest BCUT2D eigenvalue weighted by molar-refractivity contribution is 6.08. The Bertz CT molecular complexity index is 1830. The molecule has 40 heavy (non-hydrogen) atoms. The van der Waals surface area contributed by atoms with Gasteiger partial charge in [0.25, 0.3) is 11.6 Å². The summed E-state index contributed by atoms with van der Waals surface area (Å²) in [7, 11) is 1.84.